The van der Waals surface area contributed by atoms with Crippen LogP contribution in [0.4, 0.5) is 0 Å². The largest absolute Gasteiger partial charge is 0.504 e. The highest BCUT2D eigenvalue weighted by Gasteiger charge is 2.20. The van der Waals surface area contributed by atoms with E-state index >= 15 is 0 Å². The predicted molar refractivity (Wildman–Crippen MR) is 69.4 cm³/mol. The second kappa shape index (κ2) is 4.62. The molecule has 0 saturated heterocycles. The molecule has 0 spiro atoms. The van der Waals surface area contributed by atoms with E-state index in [2.05, 4.69) is 15.9 Å². The van der Waals surface area contributed by atoms with Gasteiger partial charge in [0.05, 0.1) is 14.3 Å². The average Bonchev–Trinajstić information content (AvgIpc) is 2.36. The third kappa shape index (κ3) is 2.21. The maximum absolute atomic E-state index is 12.2. The number of benzene rings is 2. The molecule has 0 aliphatic rings. The highest BCUT2D eigenvalue weighted by atomic mass is 79.9. The second-order valence-electron chi connectivity index (χ2n) is 3.59. The van der Waals surface area contributed by atoms with Crippen molar-refractivity contribution < 1.29 is 18.6 Å². The van der Waals surface area contributed by atoms with Gasteiger partial charge in [-0.1, -0.05) is 18.2 Å². The molecule has 2 aromatic carbocycles. The van der Waals surface area contributed by atoms with Crippen LogP contribution in [0.3, 0.4) is 0 Å². The number of rotatable bonds is 2. The summed E-state index contributed by atoms with van der Waals surface area (Å²) in [5.41, 5.74) is 0. The molecule has 0 atom stereocenters. The summed E-state index contributed by atoms with van der Waals surface area (Å²) in [6.45, 7) is 0. The summed E-state index contributed by atoms with van der Waals surface area (Å²) in [5, 5.41) is 18.8. The van der Waals surface area contributed by atoms with Crippen LogP contribution in [0.25, 0.3) is 0 Å². The molecule has 0 aromatic heterocycles. The zero-order chi connectivity index (χ0) is 13.3. The predicted octanol–water partition coefficient (Wildman–Crippen LogP) is 2.69. The van der Waals surface area contributed by atoms with Crippen LogP contribution in [0.5, 0.6) is 11.5 Å². The summed E-state index contributed by atoms with van der Waals surface area (Å²) in [6, 6.07) is 10.1. The van der Waals surface area contributed by atoms with Gasteiger partial charge in [-0.15, -0.1) is 0 Å². The van der Waals surface area contributed by atoms with Crippen molar-refractivity contribution in [2.24, 2.45) is 0 Å². The molecule has 0 fully saturated rings. The Morgan fingerprint density at radius 1 is 0.944 bits per heavy atom. The van der Waals surface area contributed by atoms with E-state index in [4.69, 9.17) is 0 Å². The molecule has 94 valence electrons. The first-order chi connectivity index (χ1) is 8.43. The van der Waals surface area contributed by atoms with Crippen LogP contribution in [-0.2, 0) is 9.84 Å². The highest BCUT2D eigenvalue weighted by molar-refractivity contribution is 9.10. The highest BCUT2D eigenvalue weighted by Crippen LogP contribution is 2.37. The number of sulfone groups is 1. The van der Waals surface area contributed by atoms with Gasteiger partial charge in [-0.05, 0) is 34.1 Å². The smallest absolute Gasteiger partial charge is 0.206 e. The minimum absolute atomic E-state index is 0.0872. The van der Waals surface area contributed by atoms with Crippen LogP contribution < -0.4 is 0 Å². The van der Waals surface area contributed by atoms with Gasteiger partial charge >= 0.3 is 0 Å². The molecule has 0 bridgehead atoms. The molecular weight excluding hydrogens is 320 g/mol. The van der Waals surface area contributed by atoms with Crippen molar-refractivity contribution in [2.75, 3.05) is 0 Å². The van der Waals surface area contributed by atoms with Gasteiger partial charge in [0.15, 0.2) is 11.5 Å². The number of aromatic hydroxyl groups is 2. The zero-order valence-corrected chi connectivity index (χ0v) is 11.4. The molecule has 18 heavy (non-hydrogen) atoms. The third-order valence-electron chi connectivity index (χ3n) is 2.38. The lowest BCUT2D eigenvalue weighted by atomic mass is 10.3. The quantitative estimate of drug-likeness (QED) is 0.831. The van der Waals surface area contributed by atoms with Crippen LogP contribution in [0, 0.1) is 0 Å². The molecule has 0 amide bonds. The Bertz CT molecular complexity index is 657. The first-order valence-corrected chi connectivity index (χ1v) is 7.22. The van der Waals surface area contributed by atoms with Crippen molar-refractivity contribution in [2.45, 2.75) is 9.79 Å². The van der Waals surface area contributed by atoms with E-state index in [9.17, 15) is 18.6 Å². The van der Waals surface area contributed by atoms with Gasteiger partial charge in [0.2, 0.25) is 9.84 Å². The molecule has 0 saturated carbocycles. The molecule has 0 aliphatic carbocycles. The average molecular weight is 329 g/mol. The van der Waals surface area contributed by atoms with Crippen molar-refractivity contribution in [3.8, 4) is 11.5 Å². The van der Waals surface area contributed by atoms with Gasteiger partial charge in [-0.3, -0.25) is 0 Å². The van der Waals surface area contributed by atoms with Crippen molar-refractivity contribution in [1.29, 1.82) is 0 Å². The minimum atomic E-state index is -3.70. The molecule has 2 aromatic rings. The van der Waals surface area contributed by atoms with Crippen molar-refractivity contribution >= 4 is 25.8 Å². The number of halogens is 1. The molecule has 2 N–H and O–H groups in total. The number of hydrogen-bond acceptors (Lipinski definition) is 4. The Balaban J connectivity index is 2.63. The van der Waals surface area contributed by atoms with Crippen LogP contribution in [0.2, 0.25) is 0 Å². The van der Waals surface area contributed by atoms with Gasteiger partial charge in [-0.25, -0.2) is 8.42 Å². The Hall–Kier alpha value is -1.53. The van der Waals surface area contributed by atoms with Crippen LogP contribution in [0.15, 0.2) is 56.7 Å². The standard InChI is InChI=1S/C12H9BrO4S/c13-10-6-9(7-11(14)12(10)15)18(16,17)8-4-2-1-3-5-8/h1-7,14-15H. The van der Waals surface area contributed by atoms with Gasteiger partial charge < -0.3 is 10.2 Å². The topological polar surface area (TPSA) is 74.6 Å². The fourth-order valence-corrected chi connectivity index (χ4v) is 3.38. The summed E-state index contributed by atoms with van der Waals surface area (Å²) in [5.74, 6) is -0.874. The van der Waals surface area contributed by atoms with Crippen LogP contribution in [0.1, 0.15) is 0 Å². The normalized spacial score (nSPS) is 11.4. The van der Waals surface area contributed by atoms with Crippen LogP contribution >= 0.6 is 15.9 Å². The van der Waals surface area contributed by atoms with E-state index in [0.717, 1.165) is 6.07 Å². The van der Waals surface area contributed by atoms with E-state index in [-0.39, 0.29) is 20.0 Å². The summed E-state index contributed by atoms with van der Waals surface area (Å²) in [6.07, 6.45) is 0. The molecule has 6 heteroatoms. The lowest BCUT2D eigenvalue weighted by Gasteiger charge is -2.07. The van der Waals surface area contributed by atoms with Gasteiger partial charge in [-0.2, -0.15) is 0 Å². The van der Waals surface area contributed by atoms with E-state index in [1.807, 2.05) is 0 Å². The van der Waals surface area contributed by atoms with Crippen molar-refractivity contribution in [3.63, 3.8) is 0 Å². The maximum Gasteiger partial charge on any atom is 0.206 e. The molecule has 4 nitrogen and oxygen atoms in total. The summed E-state index contributed by atoms with van der Waals surface area (Å²) in [7, 11) is -3.70. The van der Waals surface area contributed by atoms with Gasteiger partial charge in [0.1, 0.15) is 0 Å². The molecule has 0 unspecified atom stereocenters. The van der Waals surface area contributed by atoms with Gasteiger partial charge in [0.25, 0.3) is 0 Å². The van der Waals surface area contributed by atoms with Crippen molar-refractivity contribution in [1.82, 2.24) is 0 Å². The SMILES string of the molecule is O=S(=O)(c1ccccc1)c1cc(O)c(O)c(Br)c1. The minimum Gasteiger partial charge on any atom is -0.504 e. The molecule has 0 aliphatic heterocycles. The molecular formula is C12H9BrO4S. The maximum atomic E-state index is 12.2. The lowest BCUT2D eigenvalue weighted by molar-refractivity contribution is 0.400. The summed E-state index contributed by atoms with van der Waals surface area (Å²) < 4.78 is 24.6. The third-order valence-corrected chi connectivity index (χ3v) is 4.73. The number of phenolic OH excluding ortho intramolecular Hbond substituents is 2. The first kappa shape index (κ1) is 12.9. The molecule has 0 heterocycles. The van der Waals surface area contributed by atoms with E-state index < -0.39 is 15.6 Å². The molecule has 2 rings (SSSR count). The summed E-state index contributed by atoms with van der Waals surface area (Å²) >= 11 is 2.99. The number of hydrogen-bond donors (Lipinski definition) is 2. The molecule has 0 radical (unpaired) electrons. The first-order valence-electron chi connectivity index (χ1n) is 4.94. The Morgan fingerprint density at radius 3 is 2.11 bits per heavy atom. The Kier molecular flexibility index (Phi) is 3.32. The van der Waals surface area contributed by atoms with E-state index in [1.165, 1.54) is 18.2 Å². The fourth-order valence-electron chi connectivity index (χ4n) is 1.45. The zero-order valence-electron chi connectivity index (χ0n) is 9.04. The van der Waals surface area contributed by atoms with E-state index in [0.29, 0.717) is 0 Å². The van der Waals surface area contributed by atoms with Gasteiger partial charge in [0, 0.05) is 6.07 Å². The van der Waals surface area contributed by atoms with E-state index in [1.54, 1.807) is 18.2 Å². The number of phenols is 2. The van der Waals surface area contributed by atoms with Crippen molar-refractivity contribution in [3.05, 3.63) is 46.9 Å². The Labute approximate surface area is 113 Å². The fraction of sp³-hybridized carbons (Fsp3) is 0. The second-order valence-corrected chi connectivity index (χ2v) is 6.39. The Morgan fingerprint density at radius 2 is 1.56 bits per heavy atom. The summed E-state index contributed by atoms with van der Waals surface area (Å²) in [4.78, 5) is 0.0397. The van der Waals surface area contributed by atoms with Crippen LogP contribution in [-0.4, -0.2) is 18.6 Å². The monoisotopic (exact) mass is 328 g/mol. The lowest BCUT2D eigenvalue weighted by Crippen LogP contribution is -2.01.